The molecule has 0 aromatic carbocycles. The zero-order valence-electron chi connectivity index (χ0n) is 43.5. The van der Waals surface area contributed by atoms with Crippen molar-refractivity contribution >= 4 is 13.7 Å². The van der Waals surface area contributed by atoms with E-state index in [2.05, 4.69) is 153 Å². The number of quaternary nitrogens is 1. The first-order valence-electron chi connectivity index (χ1n) is 26.2. The van der Waals surface area contributed by atoms with E-state index in [0.29, 0.717) is 17.4 Å². The van der Waals surface area contributed by atoms with Crippen molar-refractivity contribution in [1.29, 1.82) is 0 Å². The van der Waals surface area contributed by atoms with Crippen molar-refractivity contribution in [2.24, 2.45) is 0 Å². The third-order valence-corrected chi connectivity index (χ3v) is 11.5. The fourth-order valence-electron chi connectivity index (χ4n) is 6.45. The van der Waals surface area contributed by atoms with E-state index in [4.69, 9.17) is 9.05 Å². The highest BCUT2D eigenvalue weighted by Crippen LogP contribution is 2.38. The molecule has 0 heterocycles. The van der Waals surface area contributed by atoms with E-state index in [1.165, 1.54) is 19.3 Å². The second-order valence-electron chi connectivity index (χ2n) is 18.1. The topological polar surface area (TPSA) is 108 Å². The van der Waals surface area contributed by atoms with Gasteiger partial charge in [0.15, 0.2) is 0 Å². The maximum absolute atomic E-state index is 12.8. The molecule has 3 unspecified atom stereocenters. The molecule has 0 aromatic heterocycles. The van der Waals surface area contributed by atoms with Gasteiger partial charge in [-0.3, -0.25) is 9.36 Å². The van der Waals surface area contributed by atoms with Crippen molar-refractivity contribution in [3.8, 4) is 0 Å². The summed E-state index contributed by atoms with van der Waals surface area (Å²) in [7, 11) is 1.22. The van der Waals surface area contributed by atoms with E-state index >= 15 is 0 Å². The Hall–Kier alpha value is -3.62. The molecule has 0 radical (unpaired) electrons. The summed E-state index contributed by atoms with van der Waals surface area (Å²) < 4.78 is 23.0. The summed E-state index contributed by atoms with van der Waals surface area (Å²) in [6.07, 6.45) is 75.5. The van der Waals surface area contributed by atoms with Crippen LogP contribution in [0.3, 0.4) is 0 Å². The lowest BCUT2D eigenvalue weighted by atomic mass is 10.1. The molecule has 8 nitrogen and oxygen atoms in total. The van der Waals surface area contributed by atoms with Crippen LogP contribution in [-0.4, -0.2) is 68.5 Å². The molecule has 3 atom stereocenters. The van der Waals surface area contributed by atoms with Gasteiger partial charge >= 0.3 is 0 Å². The molecule has 68 heavy (non-hydrogen) atoms. The van der Waals surface area contributed by atoms with Crippen LogP contribution in [0.1, 0.15) is 168 Å². The molecule has 0 aromatic rings. The van der Waals surface area contributed by atoms with E-state index in [1.807, 2.05) is 27.2 Å². The summed E-state index contributed by atoms with van der Waals surface area (Å²) in [5, 5.41) is 13.6. The number of aliphatic hydroxyl groups is 1. The first-order valence-corrected chi connectivity index (χ1v) is 27.7. The summed E-state index contributed by atoms with van der Waals surface area (Å²) in [5.74, 6) is -0.224. The summed E-state index contributed by atoms with van der Waals surface area (Å²) >= 11 is 0. The van der Waals surface area contributed by atoms with E-state index in [0.717, 1.165) is 128 Å². The Kier molecular flexibility index (Phi) is 45.8. The van der Waals surface area contributed by atoms with Crippen molar-refractivity contribution in [2.45, 2.75) is 180 Å². The Morgan fingerprint density at radius 1 is 0.529 bits per heavy atom. The summed E-state index contributed by atoms with van der Waals surface area (Å²) in [6.45, 7) is 4.37. The van der Waals surface area contributed by atoms with Crippen molar-refractivity contribution in [3.63, 3.8) is 0 Å². The molecular weight excluding hydrogens is 864 g/mol. The molecule has 1 amide bonds. The minimum absolute atomic E-state index is 0.0119. The third kappa shape index (κ3) is 50.3. The van der Waals surface area contributed by atoms with Crippen molar-refractivity contribution in [2.75, 3.05) is 40.9 Å². The Labute approximate surface area is 417 Å². The number of phosphoric ester groups is 1. The number of carbonyl (C=O) groups is 1. The van der Waals surface area contributed by atoms with Gasteiger partial charge in [-0.25, -0.2) is 0 Å². The summed E-state index contributed by atoms with van der Waals surface area (Å²) in [5.41, 5.74) is 0. The van der Waals surface area contributed by atoms with E-state index in [-0.39, 0.29) is 12.5 Å². The largest absolute Gasteiger partial charge is 0.756 e. The van der Waals surface area contributed by atoms with Gasteiger partial charge in [0.25, 0.3) is 7.82 Å². The fourth-order valence-corrected chi connectivity index (χ4v) is 7.17. The number of aliphatic hydroxyl groups excluding tert-OH is 1. The number of hydrogen-bond acceptors (Lipinski definition) is 6. The van der Waals surface area contributed by atoms with E-state index in [9.17, 15) is 19.4 Å². The third-order valence-electron chi connectivity index (χ3n) is 10.6. The average molecular weight is 961 g/mol. The minimum Gasteiger partial charge on any atom is -0.756 e. The average Bonchev–Trinajstić information content (AvgIpc) is 3.30. The van der Waals surface area contributed by atoms with Gasteiger partial charge in [0, 0.05) is 6.42 Å². The number of allylic oxidation sites excluding steroid dienone is 23. The second kappa shape index (κ2) is 48.4. The smallest absolute Gasteiger partial charge is 0.268 e. The van der Waals surface area contributed by atoms with Gasteiger partial charge < -0.3 is 28.8 Å². The number of carbonyl (C=O) groups excluding carboxylic acids is 1. The Bertz CT molecular complexity index is 1610. The van der Waals surface area contributed by atoms with Crippen LogP contribution in [0.5, 0.6) is 0 Å². The molecule has 0 bridgehead atoms. The van der Waals surface area contributed by atoms with Gasteiger partial charge in [-0.05, 0) is 103 Å². The lowest BCUT2D eigenvalue weighted by Gasteiger charge is -2.29. The quantitative estimate of drug-likeness (QED) is 0.0272. The van der Waals surface area contributed by atoms with E-state index in [1.54, 1.807) is 6.08 Å². The number of nitrogens with zero attached hydrogens (tertiary/aromatic N) is 1. The van der Waals surface area contributed by atoms with Crippen LogP contribution in [0.2, 0.25) is 0 Å². The Balaban J connectivity index is 3.98. The van der Waals surface area contributed by atoms with Crippen LogP contribution >= 0.6 is 7.82 Å². The monoisotopic (exact) mass is 961 g/mol. The molecule has 0 spiro atoms. The normalized spacial score (nSPS) is 15.2. The van der Waals surface area contributed by atoms with Crippen molar-refractivity contribution in [1.82, 2.24) is 5.32 Å². The van der Waals surface area contributed by atoms with Gasteiger partial charge in [0.1, 0.15) is 13.2 Å². The van der Waals surface area contributed by atoms with Crippen molar-refractivity contribution < 1.29 is 32.9 Å². The molecule has 0 aliphatic rings. The highest BCUT2D eigenvalue weighted by molar-refractivity contribution is 7.45. The number of amides is 1. The van der Waals surface area contributed by atoms with Gasteiger partial charge in [-0.15, -0.1) is 0 Å². The molecular formula is C59H97N2O6P. The molecule has 0 rings (SSSR count). The predicted octanol–water partition coefficient (Wildman–Crippen LogP) is 15.1. The Morgan fingerprint density at radius 2 is 0.897 bits per heavy atom. The first kappa shape index (κ1) is 64.4. The number of likely N-dealkylation sites (N-methyl/N-ethyl adjacent to an activating group) is 1. The Morgan fingerprint density at radius 3 is 1.31 bits per heavy atom. The van der Waals surface area contributed by atoms with Crippen LogP contribution in [0.15, 0.2) is 146 Å². The lowest BCUT2D eigenvalue weighted by molar-refractivity contribution is -0.870. The summed E-state index contributed by atoms with van der Waals surface area (Å²) in [4.78, 5) is 25.1. The van der Waals surface area contributed by atoms with Crippen LogP contribution < -0.4 is 10.2 Å². The molecule has 0 saturated carbocycles. The maximum atomic E-state index is 12.8. The summed E-state index contributed by atoms with van der Waals surface area (Å²) in [6, 6.07) is -0.898. The van der Waals surface area contributed by atoms with Crippen LogP contribution in [0, 0.1) is 0 Å². The number of nitrogens with one attached hydrogen (secondary N) is 1. The molecule has 2 N–H and O–H groups in total. The molecule has 0 fully saturated rings. The number of rotatable bonds is 45. The lowest BCUT2D eigenvalue weighted by Crippen LogP contribution is -2.45. The SMILES string of the molecule is CC/C=C\C/C=C\C/C=C\C/C=C\C/C=C\C/C=C\C/C=C\C/C=C\C/C=C\C/C=C\C/C=C\CCCCCCCCCC(=O)NC(COP(=O)([O-])OCC[N+](C)(C)C)C(O)/C=C/CCCCC. The van der Waals surface area contributed by atoms with Gasteiger partial charge in [0.2, 0.25) is 5.91 Å². The molecule has 0 aliphatic heterocycles. The van der Waals surface area contributed by atoms with E-state index < -0.39 is 26.6 Å². The number of unbranched alkanes of at least 4 members (excludes halogenated alkanes) is 10. The highest BCUT2D eigenvalue weighted by atomic mass is 31.2. The van der Waals surface area contributed by atoms with Gasteiger partial charge in [-0.2, -0.15) is 0 Å². The fraction of sp³-hybridized carbons (Fsp3) is 0.576. The van der Waals surface area contributed by atoms with Gasteiger partial charge in [-0.1, -0.05) is 205 Å². The molecule has 9 heteroatoms. The van der Waals surface area contributed by atoms with Crippen LogP contribution in [0.4, 0.5) is 0 Å². The molecule has 0 aliphatic carbocycles. The standard InChI is InChI=1S/C59H97N2O6P/c1-6-8-10-12-13-14-15-16-17-18-19-20-21-22-23-24-25-26-27-28-29-30-31-32-33-34-35-36-37-38-39-40-41-42-43-44-45-46-47-49-51-53-59(63)60-57(58(62)52-50-48-11-9-7-2)56-67-68(64,65)66-55-54-61(3,4)5/h8,10,13-14,16-17,19-20,22-23,25-26,28-29,31-32,34-35,37-38,40-41,50,52,57-58,62H,6-7,9,11-12,15,18,21,24,27,30,33,36,39,42-49,51,53-56H2,1-5H3,(H-,60,63,64,65)/b10-8-,14-13-,17-16-,20-19-,23-22-,26-25-,29-28-,32-31-,35-34-,38-37-,41-40-,52-50+. The zero-order valence-corrected chi connectivity index (χ0v) is 44.4. The number of phosphoric acid groups is 1. The predicted molar refractivity (Wildman–Crippen MR) is 292 cm³/mol. The highest BCUT2D eigenvalue weighted by Gasteiger charge is 2.23. The molecule has 384 valence electrons. The number of hydrogen-bond donors (Lipinski definition) is 2. The van der Waals surface area contributed by atoms with Gasteiger partial charge in [0.05, 0.1) is 39.9 Å². The van der Waals surface area contributed by atoms with Crippen molar-refractivity contribution in [3.05, 3.63) is 146 Å². The van der Waals surface area contributed by atoms with Crippen LogP contribution in [-0.2, 0) is 18.4 Å². The molecule has 0 saturated heterocycles. The second-order valence-corrected chi connectivity index (χ2v) is 19.6. The maximum Gasteiger partial charge on any atom is 0.268 e. The minimum atomic E-state index is -4.59. The first-order chi connectivity index (χ1) is 33.0. The van der Waals surface area contributed by atoms with Crippen LogP contribution in [0.25, 0.3) is 0 Å². The zero-order chi connectivity index (χ0) is 49.9.